The van der Waals surface area contributed by atoms with E-state index in [0.717, 1.165) is 11.3 Å². The fourth-order valence-electron chi connectivity index (χ4n) is 5.00. The van der Waals surface area contributed by atoms with Crippen LogP contribution in [0, 0.1) is 28.1 Å². The quantitative estimate of drug-likeness (QED) is 0.594. The fourth-order valence-corrected chi connectivity index (χ4v) is 5.00. The molecule has 2 aliphatic heterocycles. The van der Waals surface area contributed by atoms with Crippen LogP contribution >= 0.6 is 0 Å². The third kappa shape index (κ3) is 4.92. The minimum absolute atomic E-state index is 0.0857. The summed E-state index contributed by atoms with van der Waals surface area (Å²) in [5.74, 6) is -1.49. The van der Waals surface area contributed by atoms with Crippen LogP contribution in [-0.4, -0.2) is 60.1 Å². The number of likely N-dealkylation sites (tertiary alicyclic amines) is 1. The first kappa shape index (κ1) is 25.9. The molecular formula is C28H31N5O4. The number of fused-ring (bicyclic) bond motifs is 1. The molecule has 1 saturated heterocycles. The molecule has 0 spiro atoms. The first-order valence-corrected chi connectivity index (χ1v) is 12.2. The largest absolute Gasteiger partial charge is 0.493 e. The molecule has 3 amide bonds. The van der Waals surface area contributed by atoms with Gasteiger partial charge in [-0.15, -0.1) is 0 Å². The van der Waals surface area contributed by atoms with Crippen molar-refractivity contribution in [1.29, 1.82) is 5.26 Å². The smallest absolute Gasteiger partial charge is 0.256 e. The van der Waals surface area contributed by atoms with Gasteiger partial charge in [0.25, 0.3) is 5.91 Å². The van der Waals surface area contributed by atoms with Gasteiger partial charge in [0.15, 0.2) is 0 Å². The lowest BCUT2D eigenvalue weighted by molar-refractivity contribution is -0.149. The predicted octanol–water partition coefficient (Wildman–Crippen LogP) is 2.35. The number of nitriles is 1. The molecule has 2 aromatic carbocycles. The summed E-state index contributed by atoms with van der Waals surface area (Å²) >= 11 is 0. The lowest BCUT2D eigenvalue weighted by atomic mass is 9.72. The number of amides is 3. The molecule has 1 fully saturated rings. The van der Waals surface area contributed by atoms with Crippen molar-refractivity contribution in [2.45, 2.75) is 26.7 Å². The van der Waals surface area contributed by atoms with Crippen LogP contribution in [0.1, 0.15) is 31.4 Å². The van der Waals surface area contributed by atoms with Crippen LogP contribution in [0.2, 0.25) is 0 Å². The number of carbonyl (C=O) groups excluding carboxylic acids is 3. The van der Waals surface area contributed by atoms with Crippen molar-refractivity contribution in [2.75, 3.05) is 26.7 Å². The number of primary amides is 1. The van der Waals surface area contributed by atoms with E-state index in [1.807, 2.05) is 36.4 Å². The third-order valence-electron chi connectivity index (χ3n) is 7.47. The van der Waals surface area contributed by atoms with Gasteiger partial charge in [0.2, 0.25) is 11.8 Å². The van der Waals surface area contributed by atoms with Crippen molar-refractivity contribution in [3.05, 3.63) is 65.7 Å². The van der Waals surface area contributed by atoms with Crippen LogP contribution in [0.4, 0.5) is 0 Å². The molecule has 0 aliphatic carbocycles. The summed E-state index contributed by atoms with van der Waals surface area (Å²) < 4.78 is 5.90. The number of hydrazone groups is 1. The molecule has 0 radical (unpaired) electrons. The molecule has 9 heteroatoms. The monoisotopic (exact) mass is 501 g/mol. The van der Waals surface area contributed by atoms with Crippen molar-refractivity contribution in [2.24, 2.45) is 27.6 Å². The van der Waals surface area contributed by atoms with Crippen LogP contribution < -0.4 is 10.5 Å². The molecule has 2 heterocycles. The number of carbonyl (C=O) groups is 3. The summed E-state index contributed by atoms with van der Waals surface area (Å²) in [5.41, 5.74) is 5.79. The predicted molar refractivity (Wildman–Crippen MR) is 137 cm³/mol. The Morgan fingerprint density at radius 2 is 1.86 bits per heavy atom. The first-order chi connectivity index (χ1) is 17.6. The highest BCUT2D eigenvalue weighted by Crippen LogP contribution is 2.39. The van der Waals surface area contributed by atoms with E-state index in [1.54, 1.807) is 50.1 Å². The molecule has 0 bridgehead atoms. The van der Waals surface area contributed by atoms with Gasteiger partial charge in [0.1, 0.15) is 17.8 Å². The Hall–Kier alpha value is -4.19. The second-order valence-electron chi connectivity index (χ2n) is 10.2. The summed E-state index contributed by atoms with van der Waals surface area (Å²) in [6, 6.07) is 18.2. The van der Waals surface area contributed by atoms with Crippen molar-refractivity contribution in [1.82, 2.24) is 9.91 Å². The summed E-state index contributed by atoms with van der Waals surface area (Å²) in [5, 5.41) is 14.9. The van der Waals surface area contributed by atoms with E-state index >= 15 is 0 Å². The Bertz CT molecular complexity index is 1270. The van der Waals surface area contributed by atoms with E-state index in [-0.39, 0.29) is 25.0 Å². The zero-order valence-electron chi connectivity index (χ0n) is 21.3. The maximum Gasteiger partial charge on any atom is 0.256 e. The van der Waals surface area contributed by atoms with E-state index in [2.05, 4.69) is 5.10 Å². The Labute approximate surface area is 216 Å². The maximum atomic E-state index is 14.0. The maximum absolute atomic E-state index is 14.0. The van der Waals surface area contributed by atoms with Gasteiger partial charge in [-0.25, -0.2) is 5.01 Å². The van der Waals surface area contributed by atoms with Crippen LogP contribution in [-0.2, 0) is 20.8 Å². The summed E-state index contributed by atoms with van der Waals surface area (Å²) in [7, 11) is 1.64. The van der Waals surface area contributed by atoms with Crippen molar-refractivity contribution in [3.8, 4) is 11.8 Å². The van der Waals surface area contributed by atoms with E-state index in [4.69, 9.17) is 15.7 Å². The van der Waals surface area contributed by atoms with Gasteiger partial charge in [-0.05, 0) is 36.2 Å². The van der Waals surface area contributed by atoms with E-state index < -0.39 is 22.7 Å². The Kier molecular flexibility index (Phi) is 7.03. The Morgan fingerprint density at radius 1 is 1.19 bits per heavy atom. The minimum Gasteiger partial charge on any atom is -0.493 e. The first-order valence-electron chi connectivity index (χ1n) is 12.2. The van der Waals surface area contributed by atoms with Gasteiger partial charge in [-0.2, -0.15) is 10.4 Å². The number of benzene rings is 2. The molecular weight excluding hydrogens is 470 g/mol. The van der Waals surface area contributed by atoms with Crippen molar-refractivity contribution < 1.29 is 19.1 Å². The fraction of sp³-hybridized carbons (Fsp3) is 0.393. The van der Waals surface area contributed by atoms with E-state index in [9.17, 15) is 14.4 Å². The summed E-state index contributed by atoms with van der Waals surface area (Å²) in [6.45, 7) is 3.70. The van der Waals surface area contributed by atoms with Gasteiger partial charge in [0, 0.05) is 26.6 Å². The van der Waals surface area contributed by atoms with E-state index in [1.165, 1.54) is 5.01 Å². The highest BCUT2D eigenvalue weighted by Gasteiger charge is 2.54. The van der Waals surface area contributed by atoms with Crippen LogP contribution in [0.5, 0.6) is 5.75 Å². The molecule has 0 unspecified atom stereocenters. The lowest BCUT2D eigenvalue weighted by Gasteiger charge is -2.42. The highest BCUT2D eigenvalue weighted by atomic mass is 16.5. The molecule has 9 nitrogen and oxygen atoms in total. The molecule has 192 valence electrons. The van der Waals surface area contributed by atoms with E-state index in [0.29, 0.717) is 30.7 Å². The van der Waals surface area contributed by atoms with Crippen LogP contribution in [0.3, 0.4) is 0 Å². The number of nitrogens with zero attached hydrogens (tertiary/aromatic N) is 4. The van der Waals surface area contributed by atoms with Gasteiger partial charge < -0.3 is 15.4 Å². The van der Waals surface area contributed by atoms with Gasteiger partial charge in [-0.1, -0.05) is 44.2 Å². The normalized spacial score (nSPS) is 20.1. The SMILES string of the molecule is CN1N=C2CCN(C(=O)[C@@H](COc3ccc(C#N)cc3)C(C)(C)C(N)=O)C[C@@]2(Cc2ccccc2)C1=O. The zero-order valence-corrected chi connectivity index (χ0v) is 21.3. The number of rotatable bonds is 8. The average molecular weight is 502 g/mol. The van der Waals surface area contributed by atoms with Gasteiger partial charge >= 0.3 is 0 Å². The standard InChI is InChI=1S/C28H31N5O4/c1-27(2,25(30)35)22(17-37-21-11-9-20(16-29)10-12-21)24(34)33-14-13-23-28(18-33,26(36)32(3)31-23)15-19-7-5-4-6-8-19/h4-12,22H,13-15,17-18H2,1-3H3,(H2,30,35)/t22-,28-/m1/s1. The number of hydrogen-bond donors (Lipinski definition) is 1. The number of nitrogens with two attached hydrogens (primary N) is 1. The Morgan fingerprint density at radius 3 is 2.49 bits per heavy atom. The number of ether oxygens (including phenoxy) is 1. The molecule has 2 aromatic rings. The molecule has 0 aromatic heterocycles. The number of hydrogen-bond acceptors (Lipinski definition) is 6. The molecule has 4 rings (SSSR count). The summed E-state index contributed by atoms with van der Waals surface area (Å²) in [4.78, 5) is 41.5. The highest BCUT2D eigenvalue weighted by molar-refractivity contribution is 6.13. The summed E-state index contributed by atoms with van der Waals surface area (Å²) in [6.07, 6.45) is 0.875. The Balaban J connectivity index is 1.61. The number of piperidine rings is 1. The zero-order chi connectivity index (χ0) is 26.8. The minimum atomic E-state index is -1.21. The third-order valence-corrected chi connectivity index (χ3v) is 7.47. The topological polar surface area (TPSA) is 129 Å². The van der Waals surface area contributed by atoms with Crippen molar-refractivity contribution >= 4 is 23.4 Å². The van der Waals surface area contributed by atoms with Crippen molar-refractivity contribution in [3.63, 3.8) is 0 Å². The molecule has 2 aliphatic rings. The second kappa shape index (κ2) is 10.1. The lowest BCUT2D eigenvalue weighted by Crippen LogP contribution is -2.58. The average Bonchev–Trinajstić information content (AvgIpc) is 3.13. The second-order valence-corrected chi connectivity index (χ2v) is 10.2. The molecule has 2 N–H and O–H groups in total. The van der Waals surface area contributed by atoms with Crippen LogP contribution in [0.25, 0.3) is 0 Å². The molecule has 0 saturated carbocycles. The van der Waals surface area contributed by atoms with Gasteiger partial charge in [0.05, 0.1) is 28.7 Å². The van der Waals surface area contributed by atoms with Crippen LogP contribution in [0.15, 0.2) is 59.7 Å². The molecule has 37 heavy (non-hydrogen) atoms. The van der Waals surface area contributed by atoms with Gasteiger partial charge in [-0.3, -0.25) is 14.4 Å². The molecule has 2 atom stereocenters.